The summed E-state index contributed by atoms with van der Waals surface area (Å²) in [6, 6.07) is 5.43. The average Bonchev–Trinajstić information content (AvgIpc) is 3.25. The molecule has 0 atom stereocenters. The second kappa shape index (κ2) is 10.1. The van der Waals surface area contributed by atoms with Crippen LogP contribution in [0.1, 0.15) is 24.1 Å². The van der Waals surface area contributed by atoms with Crippen LogP contribution in [-0.4, -0.2) is 46.8 Å². The molecule has 0 saturated carbocycles. The maximum atomic E-state index is 12.8. The van der Waals surface area contributed by atoms with Crippen LogP contribution < -0.4 is 14.8 Å². The second-order valence-electron chi connectivity index (χ2n) is 6.39. The number of aromatic nitrogens is 1. The normalized spacial score (nSPS) is 15.0. The van der Waals surface area contributed by atoms with Gasteiger partial charge in [-0.05, 0) is 37.1 Å². The van der Waals surface area contributed by atoms with E-state index < -0.39 is 0 Å². The predicted octanol–water partition coefficient (Wildman–Crippen LogP) is 4.09. The molecule has 3 rings (SSSR count). The lowest BCUT2D eigenvalue weighted by Gasteiger charge is -2.13. The van der Waals surface area contributed by atoms with Crippen molar-refractivity contribution in [1.82, 2.24) is 9.88 Å². The van der Waals surface area contributed by atoms with E-state index in [1.807, 2.05) is 18.4 Å². The summed E-state index contributed by atoms with van der Waals surface area (Å²) in [4.78, 5) is 31.1. The van der Waals surface area contributed by atoms with Crippen molar-refractivity contribution in [2.24, 2.45) is 0 Å². The number of methoxy groups -OCH3 is 2. The molecule has 1 N–H and O–H groups in total. The Morgan fingerprint density at radius 1 is 1.30 bits per heavy atom. The number of benzene rings is 1. The highest BCUT2D eigenvalue weighted by Gasteiger charge is 2.31. The van der Waals surface area contributed by atoms with E-state index in [0.29, 0.717) is 38.8 Å². The number of rotatable bonds is 8. The Labute approximate surface area is 188 Å². The van der Waals surface area contributed by atoms with Crippen LogP contribution in [0, 0.1) is 6.92 Å². The summed E-state index contributed by atoms with van der Waals surface area (Å²) in [5.74, 6) is 0.919. The van der Waals surface area contributed by atoms with Crippen molar-refractivity contribution in [2.45, 2.75) is 19.8 Å². The first-order valence-electron chi connectivity index (χ1n) is 9.10. The van der Waals surface area contributed by atoms with Crippen molar-refractivity contribution in [1.29, 1.82) is 0 Å². The Balaban J connectivity index is 1.58. The van der Waals surface area contributed by atoms with Gasteiger partial charge < -0.3 is 14.8 Å². The van der Waals surface area contributed by atoms with Crippen LogP contribution >= 0.6 is 35.3 Å². The lowest BCUT2D eigenvalue weighted by atomic mass is 10.2. The zero-order valence-electron chi connectivity index (χ0n) is 16.8. The molecular weight excluding hydrogens is 442 g/mol. The van der Waals surface area contributed by atoms with Gasteiger partial charge in [-0.15, -0.1) is 11.3 Å². The summed E-state index contributed by atoms with van der Waals surface area (Å²) in [6.45, 7) is 2.26. The maximum Gasteiger partial charge on any atom is 0.266 e. The second-order valence-corrected chi connectivity index (χ2v) is 8.93. The largest absolute Gasteiger partial charge is 0.493 e. The summed E-state index contributed by atoms with van der Waals surface area (Å²) in [6.07, 6.45) is 2.56. The number of thiazole rings is 1. The molecule has 158 valence electrons. The molecule has 0 bridgehead atoms. The van der Waals surface area contributed by atoms with E-state index >= 15 is 0 Å². The summed E-state index contributed by atoms with van der Waals surface area (Å²) < 4.78 is 11.0. The van der Waals surface area contributed by atoms with E-state index in [1.54, 1.807) is 32.4 Å². The minimum atomic E-state index is -0.157. The molecule has 1 aromatic carbocycles. The van der Waals surface area contributed by atoms with Gasteiger partial charge in [-0.2, -0.15) is 0 Å². The predicted molar refractivity (Wildman–Crippen MR) is 124 cm³/mol. The van der Waals surface area contributed by atoms with Gasteiger partial charge in [0, 0.05) is 18.3 Å². The number of nitrogens with one attached hydrogen (secondary N) is 1. The average molecular weight is 464 g/mol. The lowest BCUT2D eigenvalue weighted by Crippen LogP contribution is -2.29. The maximum absolute atomic E-state index is 12.8. The van der Waals surface area contributed by atoms with Gasteiger partial charge in [0.2, 0.25) is 5.91 Å². The van der Waals surface area contributed by atoms with Crippen molar-refractivity contribution in [3.63, 3.8) is 0 Å². The number of ether oxygens (including phenoxy) is 2. The fourth-order valence-corrected chi connectivity index (χ4v) is 4.79. The van der Waals surface area contributed by atoms with Crippen LogP contribution in [0.3, 0.4) is 0 Å². The molecule has 1 aromatic heterocycles. The molecule has 0 aliphatic carbocycles. The molecule has 10 heteroatoms. The minimum absolute atomic E-state index is 0.129. The van der Waals surface area contributed by atoms with Crippen LogP contribution in [0.2, 0.25) is 0 Å². The molecule has 1 fully saturated rings. The molecule has 1 saturated heterocycles. The molecule has 30 heavy (non-hydrogen) atoms. The summed E-state index contributed by atoms with van der Waals surface area (Å²) >= 11 is 8.00. The van der Waals surface area contributed by atoms with Gasteiger partial charge in [-0.3, -0.25) is 14.5 Å². The fraction of sp³-hybridized carbons (Fsp3) is 0.300. The third kappa shape index (κ3) is 5.38. The Morgan fingerprint density at radius 3 is 2.73 bits per heavy atom. The number of carbonyl (C=O) groups is 2. The monoisotopic (exact) mass is 463 g/mol. The SMILES string of the molecule is COc1ccc(C=C2SC(=S)N(CCCC(=O)Nc3nc(C)cs3)C2=O)cc1OC. The zero-order valence-corrected chi connectivity index (χ0v) is 19.2. The molecule has 0 radical (unpaired) electrons. The molecule has 2 amide bonds. The summed E-state index contributed by atoms with van der Waals surface area (Å²) in [5.41, 5.74) is 1.68. The number of carbonyl (C=O) groups excluding carboxylic acids is 2. The third-order valence-corrected chi connectivity index (χ3v) is 6.48. The van der Waals surface area contributed by atoms with Gasteiger partial charge in [0.25, 0.3) is 5.91 Å². The van der Waals surface area contributed by atoms with E-state index in [1.165, 1.54) is 28.0 Å². The third-order valence-electron chi connectivity index (χ3n) is 4.23. The molecule has 0 spiro atoms. The molecule has 1 aliphatic rings. The number of thiocarbonyl (C=S) groups is 1. The van der Waals surface area contributed by atoms with E-state index in [-0.39, 0.29) is 18.2 Å². The Morgan fingerprint density at radius 2 is 2.07 bits per heavy atom. The van der Waals surface area contributed by atoms with E-state index in [4.69, 9.17) is 21.7 Å². The molecule has 2 heterocycles. The van der Waals surface area contributed by atoms with Crippen LogP contribution in [0.4, 0.5) is 5.13 Å². The van der Waals surface area contributed by atoms with Crippen molar-refractivity contribution in [3.8, 4) is 11.5 Å². The number of aryl methyl sites for hydroxylation is 1. The Bertz CT molecular complexity index is 1000. The van der Waals surface area contributed by atoms with E-state index in [2.05, 4.69) is 10.3 Å². The van der Waals surface area contributed by atoms with Crippen LogP contribution in [0.25, 0.3) is 6.08 Å². The summed E-state index contributed by atoms with van der Waals surface area (Å²) in [7, 11) is 3.13. The number of hydrogen-bond donors (Lipinski definition) is 1. The highest BCUT2D eigenvalue weighted by molar-refractivity contribution is 8.26. The van der Waals surface area contributed by atoms with Crippen LogP contribution in [0.15, 0.2) is 28.5 Å². The zero-order chi connectivity index (χ0) is 21.7. The van der Waals surface area contributed by atoms with Gasteiger partial charge in [0.1, 0.15) is 4.32 Å². The first-order valence-corrected chi connectivity index (χ1v) is 11.2. The number of nitrogens with zero attached hydrogens (tertiary/aromatic N) is 2. The van der Waals surface area contributed by atoms with Crippen molar-refractivity contribution >= 4 is 62.7 Å². The molecule has 2 aromatic rings. The van der Waals surface area contributed by atoms with Gasteiger partial charge in [-0.25, -0.2) is 4.98 Å². The van der Waals surface area contributed by atoms with E-state index in [9.17, 15) is 9.59 Å². The molecule has 7 nitrogen and oxygen atoms in total. The Kier molecular flexibility index (Phi) is 7.46. The quantitative estimate of drug-likeness (QED) is 0.466. The highest BCUT2D eigenvalue weighted by Crippen LogP contribution is 2.34. The molecule has 1 aliphatic heterocycles. The van der Waals surface area contributed by atoms with Gasteiger partial charge >= 0.3 is 0 Å². The lowest BCUT2D eigenvalue weighted by molar-refractivity contribution is -0.122. The fourth-order valence-electron chi connectivity index (χ4n) is 2.78. The first kappa shape index (κ1) is 22.3. The molecular formula is C20H21N3O4S3. The highest BCUT2D eigenvalue weighted by atomic mass is 32.2. The van der Waals surface area contributed by atoms with Crippen molar-refractivity contribution < 1.29 is 19.1 Å². The first-order chi connectivity index (χ1) is 14.4. The number of anilines is 1. The van der Waals surface area contributed by atoms with Gasteiger partial charge in [0.05, 0.1) is 24.8 Å². The number of hydrogen-bond acceptors (Lipinski definition) is 8. The molecule has 0 unspecified atom stereocenters. The smallest absolute Gasteiger partial charge is 0.266 e. The van der Waals surface area contributed by atoms with E-state index in [0.717, 1.165) is 11.3 Å². The standard InChI is InChI=1S/C20H21N3O4S3/c1-12-11-29-19(21-12)22-17(24)5-4-8-23-18(25)16(30-20(23)28)10-13-6-7-14(26-2)15(9-13)27-3/h6-7,9-11H,4-5,8H2,1-3H3,(H,21,22,24). The topological polar surface area (TPSA) is 80.8 Å². The van der Waals surface area contributed by atoms with Gasteiger partial charge in [-0.1, -0.05) is 30.0 Å². The number of thioether (sulfide) groups is 1. The van der Waals surface area contributed by atoms with Crippen molar-refractivity contribution in [3.05, 3.63) is 39.7 Å². The summed E-state index contributed by atoms with van der Waals surface area (Å²) in [5, 5.41) is 5.23. The van der Waals surface area contributed by atoms with Gasteiger partial charge in [0.15, 0.2) is 16.6 Å². The van der Waals surface area contributed by atoms with Crippen molar-refractivity contribution in [2.75, 3.05) is 26.1 Å². The minimum Gasteiger partial charge on any atom is -0.493 e. The Hall–Kier alpha value is -2.43. The van der Waals surface area contributed by atoms with Crippen LogP contribution in [-0.2, 0) is 9.59 Å². The van der Waals surface area contributed by atoms with Crippen LogP contribution in [0.5, 0.6) is 11.5 Å². The number of amides is 2.